The molecule has 0 radical (unpaired) electrons. The summed E-state index contributed by atoms with van der Waals surface area (Å²) in [6, 6.07) is 23.7. The molecule has 26 heavy (non-hydrogen) atoms. The zero-order chi connectivity index (χ0) is 18.4. The number of benzene rings is 3. The number of carbonyl (C=O) groups is 2. The molecule has 0 atom stereocenters. The van der Waals surface area contributed by atoms with Crippen LogP contribution in [0.3, 0.4) is 0 Å². The van der Waals surface area contributed by atoms with Crippen LogP contribution in [0.15, 0.2) is 78.9 Å². The molecule has 3 aromatic carbocycles. The maximum Gasteiger partial charge on any atom is 0.193 e. The molecule has 0 N–H and O–H groups in total. The van der Waals surface area contributed by atoms with Gasteiger partial charge >= 0.3 is 0 Å². The minimum atomic E-state index is -0.0705. The summed E-state index contributed by atoms with van der Waals surface area (Å²) in [5, 5.41) is 0. The first-order chi connectivity index (χ1) is 12.7. The average Bonchev–Trinajstić information content (AvgIpc) is 2.72. The number of ketones is 1. The lowest BCUT2D eigenvalue weighted by Crippen LogP contribution is -2.01. The average molecular weight is 342 g/mol. The van der Waals surface area contributed by atoms with Gasteiger partial charge in [0, 0.05) is 16.7 Å². The predicted octanol–water partition coefficient (Wildman–Crippen LogP) is 4.67. The second kappa shape index (κ2) is 8.08. The van der Waals surface area contributed by atoms with Gasteiger partial charge < -0.3 is 4.74 Å². The largest absolute Gasteiger partial charge is 0.497 e. The van der Waals surface area contributed by atoms with Gasteiger partial charge in [0.1, 0.15) is 5.75 Å². The van der Waals surface area contributed by atoms with Gasteiger partial charge in [-0.15, -0.1) is 0 Å². The Hall–Kier alpha value is -3.46. The number of aldehydes is 1. The fourth-order valence-electron chi connectivity index (χ4n) is 2.64. The summed E-state index contributed by atoms with van der Waals surface area (Å²) in [5.41, 5.74) is 3.46. The third-order valence-corrected chi connectivity index (χ3v) is 4.08. The first-order valence-corrected chi connectivity index (χ1v) is 8.22. The Balaban J connectivity index is 1.83. The van der Waals surface area contributed by atoms with Crippen LogP contribution in [0.2, 0.25) is 0 Å². The molecule has 3 heteroatoms. The molecular formula is C23H18O3. The Morgan fingerprint density at radius 2 is 1.31 bits per heavy atom. The van der Waals surface area contributed by atoms with E-state index in [2.05, 4.69) is 0 Å². The van der Waals surface area contributed by atoms with E-state index >= 15 is 0 Å². The molecule has 0 fully saturated rings. The van der Waals surface area contributed by atoms with Crippen molar-refractivity contribution in [1.29, 1.82) is 0 Å². The molecule has 3 nitrogen and oxygen atoms in total. The normalized spacial score (nSPS) is 11.0. The number of hydrogen-bond donors (Lipinski definition) is 0. The van der Waals surface area contributed by atoms with Crippen molar-refractivity contribution in [3.8, 4) is 5.75 Å². The van der Waals surface area contributed by atoms with Gasteiger partial charge in [0.2, 0.25) is 0 Å². The molecule has 0 aliphatic carbocycles. The highest BCUT2D eigenvalue weighted by atomic mass is 16.5. The molecule has 0 unspecified atom stereocenters. The maximum absolute atomic E-state index is 12.6. The van der Waals surface area contributed by atoms with Crippen LogP contribution >= 0.6 is 0 Å². The first kappa shape index (κ1) is 17.4. The number of allylic oxidation sites excluding steroid dienone is 1. The number of ether oxygens (including phenoxy) is 1. The number of hydrogen-bond acceptors (Lipinski definition) is 3. The minimum Gasteiger partial charge on any atom is -0.497 e. The lowest BCUT2D eigenvalue weighted by molar-refractivity contribution is -0.103. The van der Waals surface area contributed by atoms with Crippen molar-refractivity contribution in [1.82, 2.24) is 0 Å². The van der Waals surface area contributed by atoms with E-state index in [1.165, 1.54) is 0 Å². The quantitative estimate of drug-likeness (QED) is 0.283. The molecule has 0 saturated heterocycles. The Morgan fingerprint density at radius 3 is 1.85 bits per heavy atom. The fraction of sp³-hybridized carbons (Fsp3) is 0.0435. The molecule has 0 aliphatic heterocycles. The Kier molecular flexibility index (Phi) is 5.40. The summed E-state index contributed by atoms with van der Waals surface area (Å²) < 4.78 is 5.11. The second-order valence-corrected chi connectivity index (χ2v) is 5.76. The molecule has 128 valence electrons. The van der Waals surface area contributed by atoms with E-state index in [4.69, 9.17) is 4.74 Å². The van der Waals surface area contributed by atoms with Gasteiger partial charge in [-0.25, -0.2) is 0 Å². The van der Waals surface area contributed by atoms with Gasteiger partial charge in [-0.3, -0.25) is 9.59 Å². The zero-order valence-corrected chi connectivity index (χ0v) is 14.4. The van der Waals surface area contributed by atoms with Crippen LogP contribution in [0, 0.1) is 0 Å². The van der Waals surface area contributed by atoms with E-state index in [9.17, 15) is 9.59 Å². The van der Waals surface area contributed by atoms with Crippen LogP contribution in [-0.2, 0) is 4.79 Å². The van der Waals surface area contributed by atoms with Crippen LogP contribution < -0.4 is 4.74 Å². The fourth-order valence-corrected chi connectivity index (χ4v) is 2.64. The van der Waals surface area contributed by atoms with Crippen LogP contribution in [0.1, 0.15) is 27.0 Å². The Labute approximate surface area is 152 Å². The van der Waals surface area contributed by atoms with Gasteiger partial charge in [-0.05, 0) is 41.5 Å². The number of carbonyl (C=O) groups excluding carboxylic acids is 2. The lowest BCUT2D eigenvalue weighted by Gasteiger charge is -2.05. The third kappa shape index (κ3) is 3.95. The molecule has 3 aromatic rings. The van der Waals surface area contributed by atoms with E-state index in [1.54, 1.807) is 55.6 Å². The van der Waals surface area contributed by atoms with Crippen molar-refractivity contribution >= 4 is 23.7 Å². The summed E-state index contributed by atoms with van der Waals surface area (Å²) in [7, 11) is 1.59. The number of methoxy groups -OCH3 is 1. The molecule has 0 aliphatic rings. The van der Waals surface area contributed by atoms with E-state index < -0.39 is 0 Å². The molecule has 0 amide bonds. The van der Waals surface area contributed by atoms with Crippen LogP contribution in [0.5, 0.6) is 5.75 Å². The second-order valence-electron chi connectivity index (χ2n) is 5.76. The smallest absolute Gasteiger partial charge is 0.193 e. The van der Waals surface area contributed by atoms with Crippen LogP contribution in [-0.4, -0.2) is 19.2 Å². The van der Waals surface area contributed by atoms with Gasteiger partial charge in [0.25, 0.3) is 0 Å². The first-order valence-electron chi connectivity index (χ1n) is 8.22. The Bertz CT molecular complexity index is 921. The number of rotatable bonds is 6. The van der Waals surface area contributed by atoms with Crippen molar-refractivity contribution in [3.05, 3.63) is 101 Å². The van der Waals surface area contributed by atoms with Crippen LogP contribution in [0.25, 0.3) is 11.6 Å². The van der Waals surface area contributed by atoms with E-state index in [1.807, 2.05) is 36.4 Å². The Morgan fingerprint density at radius 1 is 0.769 bits per heavy atom. The lowest BCUT2D eigenvalue weighted by atomic mass is 9.98. The van der Waals surface area contributed by atoms with Crippen molar-refractivity contribution in [2.45, 2.75) is 0 Å². The molecule has 0 saturated carbocycles. The van der Waals surface area contributed by atoms with E-state index in [0.29, 0.717) is 22.4 Å². The van der Waals surface area contributed by atoms with Gasteiger partial charge in [0.15, 0.2) is 12.1 Å². The maximum atomic E-state index is 12.6. The summed E-state index contributed by atoms with van der Waals surface area (Å²) >= 11 is 0. The summed E-state index contributed by atoms with van der Waals surface area (Å²) in [5.74, 6) is 0.637. The monoisotopic (exact) mass is 342 g/mol. The molecule has 0 bridgehead atoms. The van der Waals surface area contributed by atoms with Crippen molar-refractivity contribution < 1.29 is 14.3 Å². The van der Waals surface area contributed by atoms with Crippen LogP contribution in [0.4, 0.5) is 0 Å². The molecule has 0 heterocycles. The minimum absolute atomic E-state index is 0.0705. The summed E-state index contributed by atoms with van der Waals surface area (Å²) in [6.45, 7) is 0. The highest BCUT2D eigenvalue weighted by Gasteiger charge is 2.10. The summed E-state index contributed by atoms with van der Waals surface area (Å²) in [6.07, 6.45) is 2.65. The standard InChI is InChI=1S/C23H18O3/c1-26-22-13-11-20(12-14-22)23(25)19-9-7-18(8-10-19)21(16-24)15-17-5-3-2-4-6-17/h2-16H,1H3/b21-15-. The van der Waals surface area contributed by atoms with Crippen molar-refractivity contribution in [2.24, 2.45) is 0 Å². The predicted molar refractivity (Wildman–Crippen MR) is 103 cm³/mol. The molecular weight excluding hydrogens is 324 g/mol. The van der Waals surface area contributed by atoms with Crippen molar-refractivity contribution in [3.63, 3.8) is 0 Å². The van der Waals surface area contributed by atoms with E-state index in [0.717, 1.165) is 17.4 Å². The third-order valence-electron chi connectivity index (χ3n) is 4.08. The molecule has 0 spiro atoms. The van der Waals surface area contributed by atoms with Gasteiger partial charge in [0.05, 0.1) is 7.11 Å². The van der Waals surface area contributed by atoms with Gasteiger partial charge in [-0.2, -0.15) is 0 Å². The molecule has 0 aromatic heterocycles. The highest BCUT2D eigenvalue weighted by molar-refractivity contribution is 6.14. The topological polar surface area (TPSA) is 43.4 Å². The highest BCUT2D eigenvalue weighted by Crippen LogP contribution is 2.19. The van der Waals surface area contributed by atoms with Gasteiger partial charge in [-0.1, -0.05) is 54.6 Å². The van der Waals surface area contributed by atoms with Crippen molar-refractivity contribution in [2.75, 3.05) is 7.11 Å². The van der Waals surface area contributed by atoms with E-state index in [-0.39, 0.29) is 5.78 Å². The summed E-state index contributed by atoms with van der Waals surface area (Å²) in [4.78, 5) is 24.0. The molecule has 3 rings (SSSR count). The SMILES string of the molecule is COc1ccc(C(=O)c2ccc(/C(C=O)=C\c3ccccc3)cc2)cc1. The zero-order valence-electron chi connectivity index (χ0n) is 14.4.